The Morgan fingerprint density at radius 3 is 2.31 bits per heavy atom. The van der Waals surface area contributed by atoms with Gasteiger partial charge in [-0.15, -0.1) is 0 Å². The second-order valence-corrected chi connectivity index (χ2v) is 6.54. The molecule has 0 aromatic rings. The van der Waals surface area contributed by atoms with Crippen molar-refractivity contribution in [3.63, 3.8) is 0 Å². The van der Waals surface area contributed by atoms with Crippen molar-refractivity contribution in [2.24, 2.45) is 17.1 Å². The molecule has 16 heavy (non-hydrogen) atoms. The first kappa shape index (κ1) is 13.5. The van der Waals surface area contributed by atoms with Gasteiger partial charge in [-0.2, -0.15) is 0 Å². The van der Waals surface area contributed by atoms with E-state index in [1.165, 1.54) is 25.7 Å². The first-order chi connectivity index (χ1) is 7.21. The predicted molar refractivity (Wildman–Crippen MR) is 67.0 cm³/mol. The molecule has 0 aromatic carbocycles. The Balaban J connectivity index is 2.28. The van der Waals surface area contributed by atoms with Gasteiger partial charge in [-0.1, -0.05) is 13.8 Å². The van der Waals surface area contributed by atoms with Crippen molar-refractivity contribution < 1.29 is 4.79 Å². The molecule has 0 atom stereocenters. The largest absolute Gasteiger partial charge is 0.354 e. The van der Waals surface area contributed by atoms with Gasteiger partial charge >= 0.3 is 0 Å². The highest BCUT2D eigenvalue weighted by molar-refractivity contribution is 5.84. The smallest absolute Gasteiger partial charge is 0.239 e. The van der Waals surface area contributed by atoms with Crippen LogP contribution in [0.2, 0.25) is 0 Å². The van der Waals surface area contributed by atoms with Gasteiger partial charge in [0.1, 0.15) is 0 Å². The number of nitrogens with one attached hydrogen (secondary N) is 1. The Morgan fingerprint density at radius 1 is 1.38 bits per heavy atom. The van der Waals surface area contributed by atoms with E-state index < -0.39 is 5.54 Å². The topological polar surface area (TPSA) is 55.1 Å². The summed E-state index contributed by atoms with van der Waals surface area (Å²) in [5.74, 6) is 0.594. The molecule has 0 aromatic heterocycles. The van der Waals surface area contributed by atoms with Crippen molar-refractivity contribution in [2.75, 3.05) is 6.54 Å². The van der Waals surface area contributed by atoms with Gasteiger partial charge < -0.3 is 11.1 Å². The summed E-state index contributed by atoms with van der Waals surface area (Å²) in [5, 5.41) is 2.96. The first-order valence-electron chi connectivity index (χ1n) is 6.28. The summed E-state index contributed by atoms with van der Waals surface area (Å²) in [4.78, 5) is 11.6. The van der Waals surface area contributed by atoms with Crippen LogP contribution in [0.5, 0.6) is 0 Å². The highest BCUT2D eigenvalue weighted by Crippen LogP contribution is 2.37. The Hall–Kier alpha value is -0.570. The van der Waals surface area contributed by atoms with Gasteiger partial charge in [0.15, 0.2) is 0 Å². The third-order valence-electron chi connectivity index (χ3n) is 3.60. The molecule has 1 aliphatic rings. The van der Waals surface area contributed by atoms with Gasteiger partial charge in [0.25, 0.3) is 0 Å². The molecular weight excluding hydrogens is 200 g/mol. The number of amides is 1. The minimum Gasteiger partial charge on any atom is -0.354 e. The molecular formula is C13H26N2O. The van der Waals surface area contributed by atoms with E-state index in [-0.39, 0.29) is 5.91 Å². The van der Waals surface area contributed by atoms with E-state index in [4.69, 9.17) is 5.73 Å². The molecule has 0 saturated heterocycles. The highest BCUT2D eigenvalue weighted by Gasteiger charge is 2.28. The quantitative estimate of drug-likeness (QED) is 0.774. The summed E-state index contributed by atoms with van der Waals surface area (Å²) in [7, 11) is 0. The van der Waals surface area contributed by atoms with Gasteiger partial charge in [-0.05, 0) is 50.9 Å². The van der Waals surface area contributed by atoms with E-state index in [0.717, 1.165) is 6.54 Å². The van der Waals surface area contributed by atoms with Crippen LogP contribution in [0.4, 0.5) is 0 Å². The molecule has 1 rings (SSSR count). The lowest BCUT2D eigenvalue weighted by molar-refractivity contribution is -0.125. The lowest BCUT2D eigenvalue weighted by atomic mass is 9.73. The van der Waals surface area contributed by atoms with E-state index in [1.54, 1.807) is 13.8 Å². The van der Waals surface area contributed by atoms with Gasteiger partial charge in [-0.3, -0.25) is 4.79 Å². The monoisotopic (exact) mass is 226 g/mol. The molecule has 3 nitrogen and oxygen atoms in total. The number of rotatable bonds is 3. The number of carbonyl (C=O) groups is 1. The number of nitrogens with two attached hydrogens (primary N) is 1. The zero-order valence-electron chi connectivity index (χ0n) is 11.1. The Bertz CT molecular complexity index is 243. The van der Waals surface area contributed by atoms with Crippen molar-refractivity contribution >= 4 is 5.91 Å². The molecule has 0 radical (unpaired) electrons. The maximum atomic E-state index is 11.6. The molecule has 0 spiro atoms. The lowest BCUT2D eigenvalue weighted by Gasteiger charge is -2.34. The van der Waals surface area contributed by atoms with Gasteiger partial charge in [0.2, 0.25) is 5.91 Å². The maximum Gasteiger partial charge on any atom is 0.239 e. The molecule has 1 aliphatic carbocycles. The van der Waals surface area contributed by atoms with Crippen LogP contribution in [0, 0.1) is 11.3 Å². The molecule has 0 aliphatic heterocycles. The fraction of sp³-hybridized carbons (Fsp3) is 0.923. The van der Waals surface area contributed by atoms with E-state index in [9.17, 15) is 4.79 Å². The molecule has 1 amide bonds. The normalized spacial score (nSPS) is 21.8. The molecule has 3 N–H and O–H groups in total. The zero-order chi connectivity index (χ0) is 12.4. The SMILES string of the molecule is CC1(C)CCC(CNC(=O)C(C)(C)N)CC1. The molecule has 0 unspecified atom stereocenters. The second kappa shape index (κ2) is 4.74. The number of hydrogen-bond acceptors (Lipinski definition) is 2. The maximum absolute atomic E-state index is 11.6. The van der Waals surface area contributed by atoms with Crippen LogP contribution in [0.3, 0.4) is 0 Å². The average Bonchev–Trinajstić information content (AvgIpc) is 2.14. The summed E-state index contributed by atoms with van der Waals surface area (Å²) in [6, 6.07) is 0. The second-order valence-electron chi connectivity index (χ2n) is 6.54. The molecule has 0 heterocycles. The minimum absolute atomic E-state index is 0.0441. The summed E-state index contributed by atoms with van der Waals surface area (Å²) in [6.45, 7) is 8.92. The Kier molecular flexibility index (Phi) is 4.00. The summed E-state index contributed by atoms with van der Waals surface area (Å²) >= 11 is 0. The average molecular weight is 226 g/mol. The first-order valence-corrected chi connectivity index (χ1v) is 6.28. The van der Waals surface area contributed by atoms with Crippen molar-refractivity contribution in [2.45, 2.75) is 58.9 Å². The lowest BCUT2D eigenvalue weighted by Crippen LogP contribution is -2.50. The van der Waals surface area contributed by atoms with Crippen molar-refractivity contribution in [3.8, 4) is 0 Å². The fourth-order valence-electron chi connectivity index (χ4n) is 2.13. The van der Waals surface area contributed by atoms with Crippen LogP contribution in [0.25, 0.3) is 0 Å². The fourth-order valence-corrected chi connectivity index (χ4v) is 2.13. The summed E-state index contributed by atoms with van der Waals surface area (Å²) < 4.78 is 0. The summed E-state index contributed by atoms with van der Waals surface area (Å²) in [5.41, 5.74) is 5.46. The van der Waals surface area contributed by atoms with Gasteiger partial charge in [0, 0.05) is 6.54 Å². The Labute approximate surface area is 99.2 Å². The van der Waals surface area contributed by atoms with Crippen molar-refractivity contribution in [1.29, 1.82) is 0 Å². The molecule has 1 fully saturated rings. The van der Waals surface area contributed by atoms with Crippen molar-refractivity contribution in [1.82, 2.24) is 5.32 Å². The summed E-state index contributed by atoms with van der Waals surface area (Å²) in [6.07, 6.45) is 4.97. The highest BCUT2D eigenvalue weighted by atomic mass is 16.2. The Morgan fingerprint density at radius 2 is 1.88 bits per heavy atom. The third-order valence-corrected chi connectivity index (χ3v) is 3.60. The molecule has 1 saturated carbocycles. The van der Waals surface area contributed by atoms with E-state index in [1.807, 2.05) is 0 Å². The zero-order valence-corrected chi connectivity index (χ0v) is 11.1. The third kappa shape index (κ3) is 4.12. The van der Waals surface area contributed by atoms with Gasteiger partial charge in [0.05, 0.1) is 5.54 Å². The van der Waals surface area contributed by atoms with E-state index >= 15 is 0 Å². The van der Waals surface area contributed by atoms with Crippen LogP contribution in [0.15, 0.2) is 0 Å². The van der Waals surface area contributed by atoms with Crippen LogP contribution in [-0.4, -0.2) is 18.0 Å². The minimum atomic E-state index is -0.756. The van der Waals surface area contributed by atoms with Crippen molar-refractivity contribution in [3.05, 3.63) is 0 Å². The standard InChI is InChI=1S/C13H26N2O/c1-12(2)7-5-10(6-8-12)9-15-11(16)13(3,4)14/h10H,5-9,14H2,1-4H3,(H,15,16). The number of carbonyl (C=O) groups excluding carboxylic acids is 1. The van der Waals surface area contributed by atoms with Crippen LogP contribution in [-0.2, 0) is 4.79 Å². The molecule has 3 heteroatoms. The van der Waals surface area contributed by atoms with Gasteiger partial charge in [-0.25, -0.2) is 0 Å². The van der Waals surface area contributed by atoms with Crippen LogP contribution in [0.1, 0.15) is 53.4 Å². The van der Waals surface area contributed by atoms with E-state index in [0.29, 0.717) is 11.3 Å². The molecule has 94 valence electrons. The number of hydrogen-bond donors (Lipinski definition) is 2. The van der Waals surface area contributed by atoms with Crippen LogP contribution < -0.4 is 11.1 Å². The predicted octanol–water partition coefficient (Wildman–Crippen LogP) is 2.06. The van der Waals surface area contributed by atoms with Crippen LogP contribution >= 0.6 is 0 Å². The molecule has 0 bridgehead atoms. The van der Waals surface area contributed by atoms with E-state index in [2.05, 4.69) is 19.2 Å².